The van der Waals surface area contributed by atoms with Gasteiger partial charge in [-0.15, -0.1) is 11.6 Å². The summed E-state index contributed by atoms with van der Waals surface area (Å²) in [7, 11) is 0. The van der Waals surface area contributed by atoms with Crippen LogP contribution in [-0.2, 0) is 4.79 Å². The second-order valence-corrected chi connectivity index (χ2v) is 3.58. The van der Waals surface area contributed by atoms with Gasteiger partial charge in [0.2, 0.25) is 0 Å². The van der Waals surface area contributed by atoms with Gasteiger partial charge in [0, 0.05) is 16.9 Å². The second-order valence-electron chi connectivity index (χ2n) is 2.88. The summed E-state index contributed by atoms with van der Waals surface area (Å²) in [5.41, 5.74) is 0.726. The molecular weight excluding hydrogens is 247 g/mol. The lowest BCUT2D eigenvalue weighted by molar-refractivity contribution is -0.113. The summed E-state index contributed by atoms with van der Waals surface area (Å²) in [6, 6.07) is 8.65. The van der Waals surface area contributed by atoms with Gasteiger partial charge >= 0.3 is 0 Å². The number of nitrogens with one attached hydrogen (secondary N) is 1. The Labute approximate surface area is 103 Å². The van der Waals surface area contributed by atoms with E-state index in [0.717, 1.165) is 5.69 Å². The molecular formula is C11H8Cl2N2O. The van der Waals surface area contributed by atoms with Gasteiger partial charge in [0.05, 0.1) is 5.88 Å². The van der Waals surface area contributed by atoms with Crippen molar-refractivity contribution in [2.45, 2.75) is 0 Å². The molecule has 0 saturated carbocycles. The molecule has 82 valence electrons. The Morgan fingerprint density at radius 1 is 1.44 bits per heavy atom. The van der Waals surface area contributed by atoms with Gasteiger partial charge in [-0.05, 0) is 24.3 Å². The minimum Gasteiger partial charge on any atom is -0.360 e. The van der Waals surface area contributed by atoms with Crippen LogP contribution in [-0.4, -0.2) is 11.7 Å². The maximum Gasteiger partial charge on any atom is 0.189 e. The predicted molar refractivity (Wildman–Crippen MR) is 64.5 cm³/mol. The molecule has 0 spiro atoms. The molecule has 0 aliphatic rings. The van der Waals surface area contributed by atoms with E-state index in [4.69, 9.17) is 28.5 Å². The average molecular weight is 255 g/mol. The van der Waals surface area contributed by atoms with Gasteiger partial charge < -0.3 is 5.32 Å². The summed E-state index contributed by atoms with van der Waals surface area (Å²) < 4.78 is 0. The van der Waals surface area contributed by atoms with E-state index in [9.17, 15) is 4.79 Å². The minimum absolute atomic E-state index is 0.00931. The smallest absolute Gasteiger partial charge is 0.189 e. The predicted octanol–water partition coefficient (Wildman–Crippen LogP) is 2.97. The quantitative estimate of drug-likeness (QED) is 0.511. The van der Waals surface area contributed by atoms with Crippen molar-refractivity contribution in [3.63, 3.8) is 0 Å². The fraction of sp³-hybridized carbons (Fsp3) is 0.0909. The number of carbonyl (C=O) groups excluding carboxylic acids is 1. The number of anilines is 1. The first-order chi connectivity index (χ1) is 7.67. The van der Waals surface area contributed by atoms with Crippen molar-refractivity contribution < 1.29 is 4.79 Å². The van der Waals surface area contributed by atoms with Crippen molar-refractivity contribution in [3.8, 4) is 6.07 Å². The zero-order chi connectivity index (χ0) is 12.0. The molecule has 0 atom stereocenters. The van der Waals surface area contributed by atoms with Crippen LogP contribution in [0.1, 0.15) is 0 Å². The fourth-order valence-electron chi connectivity index (χ4n) is 0.949. The number of nitrogens with zero attached hydrogens (tertiary/aromatic N) is 1. The van der Waals surface area contributed by atoms with Crippen LogP contribution in [0.15, 0.2) is 36.0 Å². The molecule has 0 aromatic heterocycles. The zero-order valence-corrected chi connectivity index (χ0v) is 9.72. The van der Waals surface area contributed by atoms with Crippen LogP contribution in [0.5, 0.6) is 0 Å². The summed E-state index contributed by atoms with van der Waals surface area (Å²) in [4.78, 5) is 11.1. The largest absolute Gasteiger partial charge is 0.360 e. The summed E-state index contributed by atoms with van der Waals surface area (Å²) >= 11 is 11.0. The van der Waals surface area contributed by atoms with E-state index in [2.05, 4.69) is 5.32 Å². The summed E-state index contributed by atoms with van der Waals surface area (Å²) in [6.07, 6.45) is 1.33. The molecule has 0 fully saturated rings. The number of Topliss-reactive ketones (excluding diaryl/α,β-unsaturated/α-hetero) is 1. The van der Waals surface area contributed by atoms with Gasteiger partial charge in [-0.25, -0.2) is 0 Å². The molecule has 16 heavy (non-hydrogen) atoms. The van der Waals surface area contributed by atoms with Crippen LogP contribution in [0, 0.1) is 11.3 Å². The van der Waals surface area contributed by atoms with Gasteiger partial charge in [0.15, 0.2) is 5.78 Å². The highest BCUT2D eigenvalue weighted by Gasteiger charge is 2.06. The maximum absolute atomic E-state index is 11.1. The SMILES string of the molecule is N#C/C(=C/Nc1ccc(Cl)cc1)C(=O)CCl. The Morgan fingerprint density at radius 2 is 2.06 bits per heavy atom. The number of alkyl halides is 1. The molecule has 1 rings (SSSR count). The Kier molecular flexibility index (Phi) is 4.84. The molecule has 0 aliphatic heterocycles. The van der Waals surface area contributed by atoms with E-state index in [1.54, 1.807) is 30.3 Å². The molecule has 0 amide bonds. The highest BCUT2D eigenvalue weighted by Crippen LogP contribution is 2.13. The van der Waals surface area contributed by atoms with E-state index in [0.29, 0.717) is 5.02 Å². The Morgan fingerprint density at radius 3 is 2.56 bits per heavy atom. The first kappa shape index (κ1) is 12.6. The molecule has 0 bridgehead atoms. The third kappa shape index (κ3) is 3.58. The van der Waals surface area contributed by atoms with Gasteiger partial charge in [-0.2, -0.15) is 5.26 Å². The van der Waals surface area contributed by atoms with Crippen LogP contribution in [0.4, 0.5) is 5.69 Å². The van der Waals surface area contributed by atoms with Crippen molar-refractivity contribution in [1.29, 1.82) is 5.26 Å². The van der Waals surface area contributed by atoms with Gasteiger partial charge in [-0.3, -0.25) is 4.79 Å². The normalized spacial score (nSPS) is 10.7. The molecule has 0 heterocycles. The van der Waals surface area contributed by atoms with Crippen LogP contribution < -0.4 is 5.32 Å². The van der Waals surface area contributed by atoms with Crippen molar-refractivity contribution in [2.24, 2.45) is 0 Å². The number of nitriles is 1. The van der Waals surface area contributed by atoms with E-state index in [-0.39, 0.29) is 11.5 Å². The number of hydrogen-bond donors (Lipinski definition) is 1. The Hall–Kier alpha value is -1.50. The maximum atomic E-state index is 11.1. The highest BCUT2D eigenvalue weighted by atomic mass is 35.5. The highest BCUT2D eigenvalue weighted by molar-refractivity contribution is 6.31. The van der Waals surface area contributed by atoms with Crippen LogP contribution in [0.25, 0.3) is 0 Å². The molecule has 1 aromatic carbocycles. The van der Waals surface area contributed by atoms with Gasteiger partial charge in [-0.1, -0.05) is 11.6 Å². The molecule has 1 N–H and O–H groups in total. The first-order valence-corrected chi connectivity index (χ1v) is 5.30. The van der Waals surface area contributed by atoms with E-state index in [1.165, 1.54) is 6.20 Å². The number of halogens is 2. The Balaban J connectivity index is 2.75. The Bertz CT molecular complexity index is 446. The molecule has 0 aliphatic carbocycles. The summed E-state index contributed by atoms with van der Waals surface area (Å²) in [6.45, 7) is 0. The standard InChI is InChI=1S/C11H8Cl2N2O/c12-5-11(16)8(6-14)7-15-10-3-1-9(13)2-4-10/h1-4,7,15H,5H2/b8-7-. The number of benzene rings is 1. The van der Waals surface area contributed by atoms with Crippen molar-refractivity contribution in [1.82, 2.24) is 0 Å². The van der Waals surface area contributed by atoms with Crippen LogP contribution in [0.2, 0.25) is 5.02 Å². The van der Waals surface area contributed by atoms with Gasteiger partial charge in [0.1, 0.15) is 11.6 Å². The average Bonchev–Trinajstić information content (AvgIpc) is 2.31. The summed E-state index contributed by atoms with van der Waals surface area (Å²) in [5, 5.41) is 12.1. The lowest BCUT2D eigenvalue weighted by Gasteiger charge is -2.01. The number of hydrogen-bond acceptors (Lipinski definition) is 3. The fourth-order valence-corrected chi connectivity index (χ4v) is 1.22. The van der Waals surface area contributed by atoms with E-state index in [1.807, 2.05) is 0 Å². The van der Waals surface area contributed by atoms with E-state index < -0.39 is 5.78 Å². The second kappa shape index (κ2) is 6.16. The lowest BCUT2D eigenvalue weighted by atomic mass is 10.2. The monoisotopic (exact) mass is 254 g/mol. The van der Waals surface area contributed by atoms with Gasteiger partial charge in [0.25, 0.3) is 0 Å². The summed E-state index contributed by atoms with van der Waals surface area (Å²) in [5.74, 6) is -0.618. The topological polar surface area (TPSA) is 52.9 Å². The minimum atomic E-state index is -0.411. The lowest BCUT2D eigenvalue weighted by Crippen LogP contribution is -2.04. The number of ketones is 1. The number of rotatable bonds is 4. The van der Waals surface area contributed by atoms with Crippen molar-refractivity contribution in [2.75, 3.05) is 11.2 Å². The molecule has 1 aromatic rings. The van der Waals surface area contributed by atoms with Crippen molar-refractivity contribution >= 4 is 34.7 Å². The van der Waals surface area contributed by atoms with Crippen LogP contribution >= 0.6 is 23.2 Å². The third-order valence-corrected chi connectivity index (χ3v) is 2.26. The molecule has 5 heteroatoms. The molecule has 0 unspecified atom stereocenters. The molecule has 0 saturated heterocycles. The number of carbonyl (C=O) groups is 1. The zero-order valence-electron chi connectivity index (χ0n) is 8.21. The molecule has 3 nitrogen and oxygen atoms in total. The molecule has 0 radical (unpaired) electrons. The third-order valence-electron chi connectivity index (χ3n) is 1.77. The number of allylic oxidation sites excluding steroid dienone is 1. The first-order valence-electron chi connectivity index (χ1n) is 4.39. The van der Waals surface area contributed by atoms with E-state index >= 15 is 0 Å². The van der Waals surface area contributed by atoms with Crippen molar-refractivity contribution in [3.05, 3.63) is 41.1 Å². The van der Waals surface area contributed by atoms with Crippen LogP contribution in [0.3, 0.4) is 0 Å².